The quantitative estimate of drug-likeness (QED) is 0.794. The molecule has 0 aliphatic carbocycles. The molecule has 0 saturated carbocycles. The van der Waals surface area contributed by atoms with Gasteiger partial charge in [-0.25, -0.2) is 0 Å². The minimum Gasteiger partial charge on any atom is -0.302 e. The van der Waals surface area contributed by atoms with Crippen molar-refractivity contribution in [2.75, 3.05) is 46.3 Å². The molecule has 3 nitrogen and oxygen atoms in total. The second kappa shape index (κ2) is 8.98. The van der Waals surface area contributed by atoms with Crippen LogP contribution in [0.15, 0.2) is 30.3 Å². The summed E-state index contributed by atoms with van der Waals surface area (Å²) in [5.74, 6) is 0. The van der Waals surface area contributed by atoms with E-state index in [1.807, 2.05) is 0 Å². The van der Waals surface area contributed by atoms with E-state index in [0.717, 1.165) is 6.04 Å². The Labute approximate surface area is 148 Å². The molecule has 3 heteroatoms. The van der Waals surface area contributed by atoms with E-state index in [0.29, 0.717) is 6.04 Å². The Morgan fingerprint density at radius 1 is 1.00 bits per heavy atom. The molecule has 2 saturated heterocycles. The molecule has 2 atom stereocenters. The van der Waals surface area contributed by atoms with Crippen LogP contribution in [-0.4, -0.2) is 73.1 Å². The van der Waals surface area contributed by atoms with Crippen molar-refractivity contribution in [3.63, 3.8) is 0 Å². The van der Waals surface area contributed by atoms with Crippen molar-refractivity contribution in [3.8, 4) is 0 Å². The Morgan fingerprint density at radius 3 is 2.46 bits per heavy atom. The van der Waals surface area contributed by atoms with E-state index >= 15 is 0 Å². The molecule has 0 bridgehead atoms. The summed E-state index contributed by atoms with van der Waals surface area (Å²) >= 11 is 0. The topological polar surface area (TPSA) is 9.72 Å². The van der Waals surface area contributed by atoms with Crippen LogP contribution in [0.25, 0.3) is 0 Å². The van der Waals surface area contributed by atoms with Crippen molar-refractivity contribution in [1.29, 1.82) is 0 Å². The molecule has 2 fully saturated rings. The molecule has 0 aromatic heterocycles. The van der Waals surface area contributed by atoms with Gasteiger partial charge in [-0.2, -0.15) is 0 Å². The van der Waals surface area contributed by atoms with Crippen molar-refractivity contribution in [2.24, 2.45) is 0 Å². The molecule has 2 aliphatic rings. The van der Waals surface area contributed by atoms with Gasteiger partial charge in [-0.15, -0.1) is 0 Å². The van der Waals surface area contributed by atoms with E-state index in [4.69, 9.17) is 0 Å². The minimum atomic E-state index is 0.699. The van der Waals surface area contributed by atoms with Crippen molar-refractivity contribution in [1.82, 2.24) is 14.7 Å². The van der Waals surface area contributed by atoms with Crippen molar-refractivity contribution in [3.05, 3.63) is 35.9 Å². The number of benzene rings is 1. The fourth-order valence-corrected chi connectivity index (χ4v) is 4.26. The standard InChI is InChI=1S/C21H35N3/c1-19(11-12-20-8-4-3-5-9-20)24-16-14-23(15-17-24)18-21-10-6-7-13-22(21)2/h3-5,8-9,19,21H,6-7,10-18H2,1-2H3. The van der Waals surface area contributed by atoms with Crippen LogP contribution in [0.3, 0.4) is 0 Å². The molecule has 0 amide bonds. The first kappa shape index (κ1) is 17.9. The van der Waals surface area contributed by atoms with Crippen LogP contribution in [-0.2, 0) is 6.42 Å². The van der Waals surface area contributed by atoms with Crippen LogP contribution >= 0.6 is 0 Å². The predicted molar refractivity (Wildman–Crippen MR) is 103 cm³/mol. The Morgan fingerprint density at radius 2 is 1.75 bits per heavy atom. The van der Waals surface area contributed by atoms with Crippen LogP contribution in [0, 0.1) is 0 Å². The van der Waals surface area contributed by atoms with Gasteiger partial charge in [-0.05, 0) is 51.8 Å². The highest BCUT2D eigenvalue weighted by Gasteiger charge is 2.25. The predicted octanol–water partition coefficient (Wildman–Crippen LogP) is 3.11. The number of aryl methyl sites for hydroxylation is 1. The zero-order valence-electron chi connectivity index (χ0n) is 15.7. The summed E-state index contributed by atoms with van der Waals surface area (Å²) in [4.78, 5) is 7.98. The van der Waals surface area contributed by atoms with E-state index in [1.54, 1.807) is 0 Å². The molecule has 0 radical (unpaired) electrons. The fraction of sp³-hybridized carbons (Fsp3) is 0.714. The van der Waals surface area contributed by atoms with E-state index in [2.05, 4.69) is 59.0 Å². The molecule has 24 heavy (non-hydrogen) atoms. The number of nitrogens with zero attached hydrogens (tertiary/aromatic N) is 3. The van der Waals surface area contributed by atoms with Gasteiger partial charge in [0.1, 0.15) is 0 Å². The normalized spacial score (nSPS) is 25.7. The number of rotatable bonds is 6. The van der Waals surface area contributed by atoms with Crippen LogP contribution in [0.5, 0.6) is 0 Å². The van der Waals surface area contributed by atoms with E-state index in [1.165, 1.54) is 76.9 Å². The first-order valence-electron chi connectivity index (χ1n) is 9.93. The zero-order chi connectivity index (χ0) is 16.8. The Kier molecular flexibility index (Phi) is 6.70. The van der Waals surface area contributed by atoms with E-state index in [-0.39, 0.29) is 0 Å². The summed E-state index contributed by atoms with van der Waals surface area (Å²) in [6, 6.07) is 12.4. The van der Waals surface area contributed by atoms with Gasteiger partial charge in [0.2, 0.25) is 0 Å². The summed E-state index contributed by atoms with van der Waals surface area (Å²) in [5.41, 5.74) is 1.48. The molecule has 0 spiro atoms. The molecular formula is C21H35N3. The van der Waals surface area contributed by atoms with Crippen LogP contribution in [0.4, 0.5) is 0 Å². The van der Waals surface area contributed by atoms with Crippen LogP contribution in [0.1, 0.15) is 38.2 Å². The number of hydrogen-bond donors (Lipinski definition) is 0. The smallest absolute Gasteiger partial charge is 0.0220 e. The largest absolute Gasteiger partial charge is 0.302 e. The zero-order valence-corrected chi connectivity index (χ0v) is 15.7. The Balaban J connectivity index is 1.38. The first-order chi connectivity index (χ1) is 11.7. The summed E-state index contributed by atoms with van der Waals surface area (Å²) in [7, 11) is 2.31. The summed E-state index contributed by atoms with van der Waals surface area (Å²) in [5, 5.41) is 0. The SMILES string of the molecule is CC(CCc1ccccc1)N1CCN(CC2CCCCN2C)CC1. The Bertz CT molecular complexity index is 467. The first-order valence-corrected chi connectivity index (χ1v) is 9.93. The van der Waals surface area contributed by atoms with Gasteiger partial charge in [0.25, 0.3) is 0 Å². The average molecular weight is 330 g/mol. The van der Waals surface area contributed by atoms with Gasteiger partial charge in [0.05, 0.1) is 0 Å². The average Bonchev–Trinajstić information content (AvgIpc) is 2.63. The molecule has 1 aromatic carbocycles. The lowest BCUT2D eigenvalue weighted by atomic mass is 10.0. The highest BCUT2D eigenvalue weighted by molar-refractivity contribution is 5.14. The van der Waals surface area contributed by atoms with Gasteiger partial charge in [-0.3, -0.25) is 9.80 Å². The second-order valence-electron chi connectivity index (χ2n) is 7.84. The molecular weight excluding hydrogens is 294 g/mol. The van der Waals surface area contributed by atoms with Gasteiger partial charge in [-0.1, -0.05) is 36.8 Å². The fourth-order valence-electron chi connectivity index (χ4n) is 4.26. The van der Waals surface area contributed by atoms with Crippen molar-refractivity contribution in [2.45, 2.75) is 51.1 Å². The molecule has 134 valence electrons. The maximum atomic E-state index is 2.70. The molecule has 1 aromatic rings. The minimum absolute atomic E-state index is 0.699. The van der Waals surface area contributed by atoms with E-state index < -0.39 is 0 Å². The van der Waals surface area contributed by atoms with Crippen LogP contribution < -0.4 is 0 Å². The second-order valence-corrected chi connectivity index (χ2v) is 7.84. The molecule has 2 aliphatic heterocycles. The number of likely N-dealkylation sites (tertiary alicyclic amines) is 1. The highest BCUT2D eigenvalue weighted by Crippen LogP contribution is 2.18. The lowest BCUT2D eigenvalue weighted by Gasteiger charge is -2.41. The highest BCUT2D eigenvalue weighted by atomic mass is 15.3. The summed E-state index contributed by atoms with van der Waals surface area (Å²) < 4.78 is 0. The van der Waals surface area contributed by atoms with Crippen molar-refractivity contribution >= 4 is 0 Å². The van der Waals surface area contributed by atoms with Crippen LogP contribution in [0.2, 0.25) is 0 Å². The molecule has 0 N–H and O–H groups in total. The lowest BCUT2D eigenvalue weighted by Crippen LogP contribution is -2.53. The lowest BCUT2D eigenvalue weighted by molar-refractivity contribution is 0.0673. The Hall–Kier alpha value is -0.900. The van der Waals surface area contributed by atoms with E-state index in [9.17, 15) is 0 Å². The molecule has 2 heterocycles. The third-order valence-corrected chi connectivity index (χ3v) is 6.11. The molecule has 2 unspecified atom stereocenters. The summed E-state index contributed by atoms with van der Waals surface area (Å²) in [6.07, 6.45) is 6.68. The number of likely N-dealkylation sites (N-methyl/N-ethyl adjacent to an activating group) is 1. The maximum Gasteiger partial charge on any atom is 0.0220 e. The third-order valence-electron chi connectivity index (χ3n) is 6.11. The number of piperazine rings is 1. The van der Waals surface area contributed by atoms with Gasteiger partial charge < -0.3 is 4.90 Å². The van der Waals surface area contributed by atoms with Gasteiger partial charge in [0.15, 0.2) is 0 Å². The van der Waals surface area contributed by atoms with Crippen molar-refractivity contribution < 1.29 is 0 Å². The third kappa shape index (κ3) is 5.05. The number of hydrogen-bond acceptors (Lipinski definition) is 3. The maximum absolute atomic E-state index is 2.70. The monoisotopic (exact) mass is 329 g/mol. The summed E-state index contributed by atoms with van der Waals surface area (Å²) in [6.45, 7) is 9.97. The van der Waals surface area contributed by atoms with Gasteiger partial charge in [0, 0.05) is 44.8 Å². The van der Waals surface area contributed by atoms with Gasteiger partial charge >= 0.3 is 0 Å². The number of piperidine rings is 1. The molecule has 3 rings (SSSR count).